The first-order valence-corrected chi connectivity index (χ1v) is 11.0. The highest BCUT2D eigenvalue weighted by atomic mass is 32.2. The molecule has 0 N–H and O–H groups in total. The molecular formula is C21H21F3N2O4S. The van der Waals surface area contributed by atoms with Crippen LogP contribution in [0, 0.1) is 0 Å². The van der Waals surface area contributed by atoms with Crippen molar-refractivity contribution in [2.75, 3.05) is 26.2 Å². The summed E-state index contributed by atoms with van der Waals surface area (Å²) in [4.78, 5) is 25.5. The number of amides is 1. The number of carbonyl (C=O) groups is 2. The number of piperazine rings is 1. The number of hydrogen-bond acceptors (Lipinski definition) is 4. The van der Waals surface area contributed by atoms with Crippen molar-refractivity contribution in [3.05, 3.63) is 65.2 Å². The summed E-state index contributed by atoms with van der Waals surface area (Å²) in [5.74, 6) is -0.614. The maximum atomic E-state index is 12.9. The Hall–Kier alpha value is -2.72. The fourth-order valence-corrected chi connectivity index (χ4v) is 4.82. The number of alkyl halides is 3. The normalized spacial score (nSPS) is 15.7. The smallest absolute Gasteiger partial charge is 0.340 e. The lowest BCUT2D eigenvalue weighted by Crippen LogP contribution is -2.50. The molecule has 2 aromatic carbocycles. The molecule has 1 heterocycles. The van der Waals surface area contributed by atoms with E-state index in [0.717, 1.165) is 12.1 Å². The summed E-state index contributed by atoms with van der Waals surface area (Å²) in [7, 11) is -3.83. The van der Waals surface area contributed by atoms with Gasteiger partial charge in [0.05, 0.1) is 16.9 Å². The van der Waals surface area contributed by atoms with Crippen molar-refractivity contribution in [3.8, 4) is 0 Å². The Morgan fingerprint density at radius 3 is 2.23 bits per heavy atom. The molecule has 0 bridgehead atoms. The lowest BCUT2D eigenvalue weighted by atomic mass is 10.1. The highest BCUT2D eigenvalue weighted by Gasteiger charge is 2.32. The average molecular weight is 454 g/mol. The van der Waals surface area contributed by atoms with Crippen LogP contribution in [0.5, 0.6) is 0 Å². The van der Waals surface area contributed by atoms with Crippen molar-refractivity contribution in [1.82, 2.24) is 9.21 Å². The molecule has 0 saturated carbocycles. The molecule has 0 atom stereocenters. The number of benzene rings is 2. The van der Waals surface area contributed by atoms with Gasteiger partial charge in [0.15, 0.2) is 5.78 Å². The maximum Gasteiger partial charge on any atom is 0.416 e. The Balaban J connectivity index is 1.64. The van der Waals surface area contributed by atoms with E-state index in [1.54, 1.807) is 0 Å². The van der Waals surface area contributed by atoms with E-state index in [2.05, 4.69) is 0 Å². The lowest BCUT2D eigenvalue weighted by Gasteiger charge is -2.34. The molecule has 10 heteroatoms. The van der Waals surface area contributed by atoms with E-state index >= 15 is 0 Å². The molecule has 1 aliphatic heterocycles. The third-order valence-electron chi connectivity index (χ3n) is 5.08. The van der Waals surface area contributed by atoms with Crippen LogP contribution in [0.25, 0.3) is 0 Å². The standard InChI is InChI=1S/C21H21F3N2O4S/c1-15(27)17-5-3-7-19(14-17)31(29,30)26-10-8-25(9-11-26)20(28)13-16-4-2-6-18(12-16)21(22,23)24/h2-7,12,14H,8-11,13H2,1H3. The number of carbonyl (C=O) groups excluding carboxylic acids is 2. The topological polar surface area (TPSA) is 74.8 Å². The van der Waals surface area contributed by atoms with Crippen LogP contribution in [-0.4, -0.2) is 55.5 Å². The highest BCUT2D eigenvalue weighted by molar-refractivity contribution is 7.89. The fourth-order valence-electron chi connectivity index (χ4n) is 3.35. The van der Waals surface area contributed by atoms with Gasteiger partial charge >= 0.3 is 6.18 Å². The number of ketones is 1. The molecule has 0 unspecified atom stereocenters. The van der Waals surface area contributed by atoms with Crippen LogP contribution in [0.1, 0.15) is 28.4 Å². The number of rotatable bonds is 5. The zero-order valence-corrected chi connectivity index (χ0v) is 17.5. The predicted octanol–water partition coefficient (Wildman–Crippen LogP) is 2.98. The van der Waals surface area contributed by atoms with Gasteiger partial charge in [-0.05, 0) is 30.7 Å². The van der Waals surface area contributed by atoms with Crippen molar-refractivity contribution in [2.24, 2.45) is 0 Å². The van der Waals surface area contributed by atoms with Gasteiger partial charge in [-0.1, -0.05) is 30.3 Å². The second-order valence-electron chi connectivity index (χ2n) is 7.24. The molecular weight excluding hydrogens is 433 g/mol. The Morgan fingerprint density at radius 2 is 1.61 bits per heavy atom. The summed E-state index contributed by atoms with van der Waals surface area (Å²) in [6, 6.07) is 10.4. The zero-order valence-electron chi connectivity index (χ0n) is 16.7. The van der Waals surface area contributed by atoms with Gasteiger partial charge in [-0.3, -0.25) is 9.59 Å². The lowest BCUT2D eigenvalue weighted by molar-refractivity contribution is -0.138. The molecule has 1 amide bonds. The molecule has 0 radical (unpaired) electrons. The van der Waals surface area contributed by atoms with Gasteiger partial charge < -0.3 is 4.90 Å². The van der Waals surface area contributed by atoms with E-state index in [9.17, 15) is 31.2 Å². The van der Waals surface area contributed by atoms with E-state index in [-0.39, 0.29) is 60.3 Å². The van der Waals surface area contributed by atoms with Crippen LogP contribution >= 0.6 is 0 Å². The van der Waals surface area contributed by atoms with Crippen LogP contribution in [0.4, 0.5) is 13.2 Å². The molecule has 31 heavy (non-hydrogen) atoms. The van der Waals surface area contributed by atoms with Crippen LogP contribution in [0.2, 0.25) is 0 Å². The quantitative estimate of drug-likeness (QED) is 0.651. The van der Waals surface area contributed by atoms with Gasteiger partial charge in [-0.15, -0.1) is 0 Å². The Bertz CT molecular complexity index is 1090. The van der Waals surface area contributed by atoms with E-state index in [0.29, 0.717) is 0 Å². The molecule has 3 rings (SSSR count). The largest absolute Gasteiger partial charge is 0.416 e. The monoisotopic (exact) mass is 454 g/mol. The van der Waals surface area contributed by atoms with Crippen molar-refractivity contribution >= 4 is 21.7 Å². The Morgan fingerprint density at radius 1 is 0.968 bits per heavy atom. The van der Waals surface area contributed by atoms with Gasteiger partial charge in [0.2, 0.25) is 15.9 Å². The first kappa shape index (κ1) is 23.0. The molecule has 0 aromatic heterocycles. The van der Waals surface area contributed by atoms with E-state index < -0.39 is 21.8 Å². The summed E-state index contributed by atoms with van der Waals surface area (Å²) in [6.07, 6.45) is -4.68. The highest BCUT2D eigenvalue weighted by Crippen LogP contribution is 2.29. The molecule has 1 saturated heterocycles. The zero-order chi connectivity index (χ0) is 22.8. The first-order valence-electron chi connectivity index (χ1n) is 9.53. The number of nitrogens with zero attached hydrogens (tertiary/aromatic N) is 2. The van der Waals surface area contributed by atoms with Gasteiger partial charge in [0, 0.05) is 31.7 Å². The molecule has 1 aliphatic rings. The van der Waals surface area contributed by atoms with Gasteiger partial charge in [-0.2, -0.15) is 17.5 Å². The predicted molar refractivity (Wildman–Crippen MR) is 107 cm³/mol. The minimum absolute atomic E-state index is 0.00365. The minimum Gasteiger partial charge on any atom is -0.340 e. The molecule has 166 valence electrons. The number of hydrogen-bond donors (Lipinski definition) is 0. The summed E-state index contributed by atoms with van der Waals surface area (Å²) < 4.78 is 65.5. The maximum absolute atomic E-state index is 12.9. The summed E-state index contributed by atoms with van der Waals surface area (Å²) >= 11 is 0. The average Bonchev–Trinajstić information content (AvgIpc) is 2.73. The van der Waals surface area contributed by atoms with Crippen molar-refractivity contribution < 1.29 is 31.2 Å². The van der Waals surface area contributed by atoms with E-state index in [1.807, 2.05) is 0 Å². The van der Waals surface area contributed by atoms with Crippen molar-refractivity contribution in [3.63, 3.8) is 0 Å². The second kappa shape index (κ2) is 8.80. The first-order chi connectivity index (χ1) is 14.5. The van der Waals surface area contributed by atoms with Gasteiger partial charge in [0.1, 0.15) is 0 Å². The van der Waals surface area contributed by atoms with E-state index in [1.165, 1.54) is 52.5 Å². The van der Waals surface area contributed by atoms with Crippen LogP contribution in [-0.2, 0) is 27.4 Å². The number of Topliss-reactive ketones (excluding diaryl/α,β-unsaturated/α-hetero) is 1. The van der Waals surface area contributed by atoms with Crippen molar-refractivity contribution in [1.29, 1.82) is 0 Å². The van der Waals surface area contributed by atoms with Crippen LogP contribution in [0.3, 0.4) is 0 Å². The second-order valence-corrected chi connectivity index (χ2v) is 9.18. The Labute approximate surface area is 178 Å². The fraction of sp³-hybridized carbons (Fsp3) is 0.333. The van der Waals surface area contributed by atoms with E-state index in [4.69, 9.17) is 0 Å². The summed E-state index contributed by atoms with van der Waals surface area (Å²) in [6.45, 7) is 1.72. The van der Waals surface area contributed by atoms with Crippen molar-refractivity contribution in [2.45, 2.75) is 24.4 Å². The van der Waals surface area contributed by atoms with Crippen LogP contribution in [0.15, 0.2) is 53.4 Å². The SMILES string of the molecule is CC(=O)c1cccc(S(=O)(=O)N2CCN(C(=O)Cc3cccc(C(F)(F)F)c3)CC2)c1. The molecule has 6 nitrogen and oxygen atoms in total. The summed E-state index contributed by atoms with van der Waals surface area (Å²) in [5, 5.41) is 0. The molecule has 0 aliphatic carbocycles. The third kappa shape index (κ3) is 5.31. The number of sulfonamides is 1. The number of halogens is 3. The summed E-state index contributed by atoms with van der Waals surface area (Å²) in [5.41, 5.74) is -0.284. The molecule has 2 aromatic rings. The molecule has 1 fully saturated rings. The minimum atomic E-state index is -4.49. The van der Waals surface area contributed by atoms with Gasteiger partial charge in [-0.25, -0.2) is 8.42 Å². The third-order valence-corrected chi connectivity index (χ3v) is 6.97. The molecule has 0 spiro atoms. The van der Waals surface area contributed by atoms with Crippen LogP contribution < -0.4 is 0 Å². The van der Waals surface area contributed by atoms with Gasteiger partial charge in [0.25, 0.3) is 0 Å². The Kier molecular flexibility index (Phi) is 6.51.